The smallest absolute Gasteiger partial charge is 0.257 e. The highest BCUT2D eigenvalue weighted by Crippen LogP contribution is 2.45. The number of anilines is 1. The molecule has 4 nitrogen and oxygen atoms in total. The van der Waals surface area contributed by atoms with Crippen molar-refractivity contribution in [1.29, 1.82) is 0 Å². The van der Waals surface area contributed by atoms with Gasteiger partial charge in [0.2, 0.25) is 0 Å². The second-order valence-corrected chi connectivity index (χ2v) is 5.38. The Bertz CT molecular complexity index is 727. The molecular weight excluding hydrogens is 264 g/mol. The number of hydrogen-bond acceptors (Lipinski definition) is 3. The molecule has 2 aliphatic heterocycles. The van der Waals surface area contributed by atoms with Gasteiger partial charge in [0.25, 0.3) is 5.91 Å². The lowest BCUT2D eigenvalue weighted by molar-refractivity contribution is -0.124. The van der Waals surface area contributed by atoms with E-state index in [2.05, 4.69) is 10.3 Å². The number of benzene rings is 2. The maximum Gasteiger partial charge on any atom is 0.257 e. The highest BCUT2D eigenvalue weighted by atomic mass is 16.5. The zero-order valence-electron chi connectivity index (χ0n) is 11.3. The van der Waals surface area contributed by atoms with E-state index < -0.39 is 5.54 Å². The number of rotatable bonds is 2. The molecule has 0 saturated carbocycles. The number of carbonyl (C=O) groups is 1. The summed E-state index contributed by atoms with van der Waals surface area (Å²) in [4.78, 5) is 17.1. The van der Waals surface area contributed by atoms with Gasteiger partial charge < -0.3 is 10.1 Å². The number of amides is 1. The average Bonchev–Trinajstić information content (AvgIpc) is 2.94. The van der Waals surface area contributed by atoms with E-state index in [0.717, 1.165) is 16.8 Å². The number of hydrogen-bond donors (Lipinski definition) is 1. The van der Waals surface area contributed by atoms with Crippen molar-refractivity contribution < 1.29 is 9.53 Å². The van der Waals surface area contributed by atoms with Crippen LogP contribution in [0.2, 0.25) is 0 Å². The number of nitrogens with zero attached hydrogens (tertiary/aromatic N) is 1. The maximum atomic E-state index is 12.7. The van der Waals surface area contributed by atoms with E-state index in [1.54, 1.807) is 0 Å². The Morgan fingerprint density at radius 1 is 1.10 bits per heavy atom. The van der Waals surface area contributed by atoms with Gasteiger partial charge in [0.05, 0.1) is 0 Å². The molecule has 1 N–H and O–H groups in total. The van der Waals surface area contributed by atoms with E-state index in [9.17, 15) is 4.79 Å². The van der Waals surface area contributed by atoms with Crippen molar-refractivity contribution in [2.75, 3.05) is 5.32 Å². The first-order valence-corrected chi connectivity index (χ1v) is 6.93. The third-order valence-electron chi connectivity index (χ3n) is 4.11. The predicted molar refractivity (Wildman–Crippen MR) is 80.3 cm³/mol. The van der Waals surface area contributed by atoms with E-state index in [4.69, 9.17) is 4.74 Å². The molecule has 4 rings (SSSR count). The van der Waals surface area contributed by atoms with Gasteiger partial charge in [-0.25, -0.2) is 4.99 Å². The van der Waals surface area contributed by atoms with Crippen LogP contribution in [0.4, 0.5) is 5.69 Å². The van der Waals surface area contributed by atoms with Gasteiger partial charge in [-0.2, -0.15) is 0 Å². The average molecular weight is 278 g/mol. The fraction of sp³-hybridized carbons (Fsp3) is 0.176. The van der Waals surface area contributed by atoms with Crippen LogP contribution in [0.1, 0.15) is 17.2 Å². The van der Waals surface area contributed by atoms with Crippen molar-refractivity contribution in [2.45, 2.75) is 18.1 Å². The van der Waals surface area contributed by atoms with E-state index in [-0.39, 0.29) is 12.0 Å². The van der Waals surface area contributed by atoms with Gasteiger partial charge in [-0.1, -0.05) is 48.5 Å². The quantitative estimate of drug-likeness (QED) is 0.918. The van der Waals surface area contributed by atoms with Crippen molar-refractivity contribution >= 4 is 18.0 Å². The van der Waals surface area contributed by atoms with Crippen LogP contribution in [0.3, 0.4) is 0 Å². The lowest BCUT2D eigenvalue weighted by atomic mass is 9.79. The molecule has 1 amide bonds. The summed E-state index contributed by atoms with van der Waals surface area (Å²) >= 11 is 0. The Hall–Kier alpha value is -2.62. The summed E-state index contributed by atoms with van der Waals surface area (Å²) in [6.45, 7) is 0. The number of fused-ring (bicyclic) bond motifs is 3. The number of aliphatic imine (C=N–C) groups is 1. The van der Waals surface area contributed by atoms with Crippen molar-refractivity contribution in [3.63, 3.8) is 0 Å². The summed E-state index contributed by atoms with van der Waals surface area (Å²) in [5.74, 6) is -0.108. The highest BCUT2D eigenvalue weighted by Gasteiger charge is 2.54. The van der Waals surface area contributed by atoms with Crippen LogP contribution in [0, 0.1) is 0 Å². The topological polar surface area (TPSA) is 50.7 Å². The van der Waals surface area contributed by atoms with Crippen molar-refractivity contribution in [1.82, 2.24) is 0 Å². The zero-order valence-corrected chi connectivity index (χ0v) is 11.3. The molecule has 2 aliphatic rings. The van der Waals surface area contributed by atoms with Crippen LogP contribution >= 0.6 is 0 Å². The van der Waals surface area contributed by atoms with Gasteiger partial charge in [0.1, 0.15) is 0 Å². The molecule has 2 heterocycles. The molecule has 104 valence electrons. The Labute approximate surface area is 122 Å². The SMILES string of the molecule is O=C1Nc2ccccc2[C@@H]2OC=N[C@]12Cc1ccccc1. The van der Waals surface area contributed by atoms with E-state index >= 15 is 0 Å². The summed E-state index contributed by atoms with van der Waals surface area (Å²) < 4.78 is 5.68. The second kappa shape index (κ2) is 4.45. The van der Waals surface area contributed by atoms with Gasteiger partial charge in [-0.3, -0.25) is 4.79 Å². The zero-order chi connectivity index (χ0) is 14.3. The van der Waals surface area contributed by atoms with Crippen molar-refractivity contribution in [3.8, 4) is 0 Å². The third-order valence-corrected chi connectivity index (χ3v) is 4.11. The summed E-state index contributed by atoms with van der Waals surface area (Å²) in [6, 6.07) is 17.6. The Kier molecular flexibility index (Phi) is 2.57. The number of nitrogens with one attached hydrogen (secondary N) is 1. The molecule has 2 aromatic rings. The number of ether oxygens (including phenoxy) is 1. The van der Waals surface area contributed by atoms with Crippen LogP contribution < -0.4 is 5.32 Å². The Morgan fingerprint density at radius 2 is 1.86 bits per heavy atom. The predicted octanol–water partition coefficient (Wildman–Crippen LogP) is 2.72. The lowest BCUT2D eigenvalue weighted by Crippen LogP contribution is -2.49. The van der Waals surface area contributed by atoms with Crippen LogP contribution in [0.15, 0.2) is 59.6 Å². The van der Waals surface area contributed by atoms with Crippen LogP contribution in [-0.4, -0.2) is 17.8 Å². The molecule has 21 heavy (non-hydrogen) atoms. The van der Waals surface area contributed by atoms with Gasteiger partial charge in [0.15, 0.2) is 18.0 Å². The van der Waals surface area contributed by atoms with Crippen LogP contribution in [0.5, 0.6) is 0 Å². The largest absolute Gasteiger partial charge is 0.472 e. The van der Waals surface area contributed by atoms with Crippen molar-refractivity contribution in [3.05, 3.63) is 65.7 Å². The monoisotopic (exact) mass is 278 g/mol. The molecule has 0 aromatic heterocycles. The first-order valence-electron chi connectivity index (χ1n) is 6.93. The van der Waals surface area contributed by atoms with Crippen molar-refractivity contribution in [2.24, 2.45) is 4.99 Å². The highest BCUT2D eigenvalue weighted by molar-refractivity contribution is 6.03. The fourth-order valence-electron chi connectivity index (χ4n) is 3.07. The lowest BCUT2D eigenvalue weighted by Gasteiger charge is -2.35. The van der Waals surface area contributed by atoms with Gasteiger partial charge >= 0.3 is 0 Å². The molecule has 0 spiro atoms. The first-order chi connectivity index (χ1) is 10.3. The Balaban J connectivity index is 1.80. The molecule has 4 heteroatoms. The minimum atomic E-state index is -0.907. The van der Waals surface area contributed by atoms with Gasteiger partial charge in [0, 0.05) is 17.7 Å². The summed E-state index contributed by atoms with van der Waals surface area (Å²) in [5, 5.41) is 2.96. The van der Waals surface area contributed by atoms with Crippen LogP contribution in [0.25, 0.3) is 0 Å². The Morgan fingerprint density at radius 3 is 2.71 bits per heavy atom. The second-order valence-electron chi connectivity index (χ2n) is 5.38. The number of carbonyl (C=O) groups excluding carboxylic acids is 1. The first kappa shape index (κ1) is 12.1. The summed E-state index contributed by atoms with van der Waals surface area (Å²) in [5.41, 5.74) is 1.95. The minimum Gasteiger partial charge on any atom is -0.472 e. The minimum absolute atomic E-state index is 0.108. The molecular formula is C17H14N2O2. The van der Waals surface area contributed by atoms with Gasteiger partial charge in [-0.15, -0.1) is 0 Å². The normalized spacial score (nSPS) is 25.7. The van der Waals surface area contributed by atoms with Crippen LogP contribution in [-0.2, 0) is 16.0 Å². The van der Waals surface area contributed by atoms with E-state index in [1.807, 2.05) is 54.6 Å². The standard InChI is InChI=1S/C17H14N2O2/c20-16-17(10-12-6-2-1-3-7-12)15(21-11-18-17)13-8-4-5-9-14(13)19-16/h1-9,11,15H,10H2,(H,19,20)/t15-,17-/m0/s1. The molecule has 0 aliphatic carbocycles. The molecule has 2 atom stereocenters. The number of para-hydroxylation sites is 1. The van der Waals surface area contributed by atoms with E-state index in [0.29, 0.717) is 6.42 Å². The molecule has 0 radical (unpaired) electrons. The molecule has 0 fully saturated rings. The molecule has 0 unspecified atom stereocenters. The van der Waals surface area contributed by atoms with E-state index in [1.165, 1.54) is 6.40 Å². The fourth-order valence-corrected chi connectivity index (χ4v) is 3.07. The third kappa shape index (κ3) is 1.76. The maximum absolute atomic E-state index is 12.7. The summed E-state index contributed by atoms with van der Waals surface area (Å²) in [7, 11) is 0. The van der Waals surface area contributed by atoms with Gasteiger partial charge in [-0.05, 0) is 11.6 Å². The molecule has 0 saturated heterocycles. The molecule has 2 aromatic carbocycles. The molecule has 0 bridgehead atoms. The summed E-state index contributed by atoms with van der Waals surface area (Å²) in [6.07, 6.45) is 1.58.